The molecular weight excluding hydrogens is 1040 g/mol. The van der Waals surface area contributed by atoms with Gasteiger partial charge in [-0.25, -0.2) is 87.8 Å². The van der Waals surface area contributed by atoms with Crippen molar-refractivity contribution in [3.05, 3.63) is 211 Å². The molecular formula is C44H15BCl2F20OS. The van der Waals surface area contributed by atoms with Crippen LogP contribution in [0.2, 0.25) is 10.0 Å². The molecule has 7 rings (SSSR count). The van der Waals surface area contributed by atoms with Crippen molar-refractivity contribution in [3.63, 3.8) is 0 Å². The van der Waals surface area contributed by atoms with Gasteiger partial charge in [-0.05, 0) is 24.3 Å². The molecule has 69 heavy (non-hydrogen) atoms. The highest BCUT2D eigenvalue weighted by atomic mass is 35.5. The van der Waals surface area contributed by atoms with E-state index in [1.54, 1.807) is 0 Å². The first kappa shape index (κ1) is 52.2. The van der Waals surface area contributed by atoms with Crippen molar-refractivity contribution in [2.45, 2.75) is 9.79 Å². The van der Waals surface area contributed by atoms with E-state index in [1.165, 1.54) is 0 Å². The van der Waals surface area contributed by atoms with Crippen LogP contribution in [0.1, 0.15) is 10.4 Å². The normalized spacial score (nSPS) is 11.6. The van der Waals surface area contributed by atoms with Crippen LogP contribution in [0.15, 0.2) is 88.7 Å². The summed E-state index contributed by atoms with van der Waals surface area (Å²) in [6.45, 7) is 0. The molecule has 7 aromatic rings. The SMILES string of the molecule is Fc1c(F)c(F)c([B-](c2c(F)c(F)c(F)c(F)c2F)(c2c(F)c(F)c(F)c(F)c2F)c2c(F)c(F)c(F)c(F)c2F)c(F)c1F.O=C(C[S+](c1cccc(Cl)c1)c1cccc(Cl)c1)c1ccccc1. The quantitative estimate of drug-likeness (QED) is 0.0352. The lowest BCUT2D eigenvalue weighted by Crippen LogP contribution is -2.81. The van der Waals surface area contributed by atoms with Crippen LogP contribution >= 0.6 is 23.2 Å². The van der Waals surface area contributed by atoms with Crippen LogP contribution in [-0.2, 0) is 10.9 Å². The number of ketones is 1. The summed E-state index contributed by atoms with van der Waals surface area (Å²) >= 11 is 12.3. The average Bonchev–Trinajstić information content (AvgIpc) is 3.33. The van der Waals surface area contributed by atoms with Crippen molar-refractivity contribution in [3.8, 4) is 0 Å². The van der Waals surface area contributed by atoms with Crippen LogP contribution in [0.5, 0.6) is 0 Å². The van der Waals surface area contributed by atoms with E-state index < -0.39 is 155 Å². The van der Waals surface area contributed by atoms with Crippen LogP contribution in [-0.4, -0.2) is 17.7 Å². The summed E-state index contributed by atoms with van der Waals surface area (Å²) in [5, 5.41) is 1.33. The number of hydrogen-bond donors (Lipinski definition) is 0. The standard InChI is InChI=1S/C24BF20.C20H15Cl2OS/c26-5-1(6(27)14(35)21(42)13(5)34)25(2-7(28)15(36)22(43)16(37)8(2)29,3-9(30)17(38)23(44)18(39)10(3)31)4-11(32)19(40)24(45)20(41)12(4)33;21-16-8-4-10-18(12-16)24(19-11-5-9-17(22)13-19)14-20(23)15-6-2-1-3-7-15/h;1-13H,14H2/q-1;+1. The van der Waals surface area contributed by atoms with Gasteiger partial charge in [0.25, 0.3) is 0 Å². The molecule has 0 N–H and O–H groups in total. The highest BCUT2D eigenvalue weighted by Crippen LogP contribution is 2.32. The summed E-state index contributed by atoms with van der Waals surface area (Å²) < 4.78 is 294. The van der Waals surface area contributed by atoms with E-state index in [4.69, 9.17) is 23.2 Å². The summed E-state index contributed by atoms with van der Waals surface area (Å²) in [6, 6.07) is 24.7. The van der Waals surface area contributed by atoms with Gasteiger partial charge in [-0.1, -0.05) is 65.7 Å². The maximum Gasteiger partial charge on any atom is 0.212 e. The van der Waals surface area contributed by atoms with Gasteiger partial charge in [0.05, 0.1) is 10.9 Å². The number of carbonyl (C=O) groups excluding carboxylic acids is 1. The number of halogens is 22. The summed E-state index contributed by atoms with van der Waals surface area (Å²) in [5.74, 6) is -70.9. The lowest BCUT2D eigenvalue weighted by atomic mass is 9.12. The first-order valence-corrected chi connectivity index (χ1v) is 20.5. The molecule has 0 aliphatic heterocycles. The first-order chi connectivity index (χ1) is 32.3. The van der Waals surface area contributed by atoms with Crippen molar-refractivity contribution in [1.29, 1.82) is 0 Å². The third-order valence-corrected chi connectivity index (χ3v) is 12.9. The molecule has 0 aliphatic rings. The fourth-order valence-corrected chi connectivity index (χ4v) is 9.82. The van der Waals surface area contributed by atoms with Crippen molar-refractivity contribution >= 4 is 67.9 Å². The predicted octanol–water partition coefficient (Wildman–Crippen LogP) is 11.8. The summed E-state index contributed by atoms with van der Waals surface area (Å²) in [7, 11) is -0.421. The van der Waals surface area contributed by atoms with Crippen molar-refractivity contribution in [2.75, 3.05) is 5.75 Å². The Morgan fingerprint density at radius 3 is 0.841 bits per heavy atom. The summed E-state index contributed by atoms with van der Waals surface area (Å²) in [5.41, 5.74) is -13.6. The van der Waals surface area contributed by atoms with E-state index in [-0.39, 0.29) is 5.78 Å². The minimum atomic E-state index is -7.22. The highest BCUT2D eigenvalue weighted by molar-refractivity contribution is 7.97. The van der Waals surface area contributed by atoms with E-state index >= 15 is 35.1 Å². The molecule has 0 aromatic heterocycles. The molecule has 0 atom stereocenters. The van der Waals surface area contributed by atoms with Gasteiger partial charge in [0.15, 0.2) is 85.4 Å². The van der Waals surface area contributed by atoms with E-state index in [1.807, 2.05) is 78.9 Å². The smallest absolute Gasteiger partial charge is 0.212 e. The second-order valence-electron chi connectivity index (χ2n) is 14.0. The minimum absolute atomic E-state index is 0.110. The minimum Gasteiger partial charge on any atom is -0.289 e. The number of hydrogen-bond acceptors (Lipinski definition) is 1. The molecule has 7 aromatic carbocycles. The van der Waals surface area contributed by atoms with Crippen molar-refractivity contribution in [2.24, 2.45) is 0 Å². The zero-order valence-electron chi connectivity index (χ0n) is 32.9. The van der Waals surface area contributed by atoms with Crippen LogP contribution in [0.3, 0.4) is 0 Å². The predicted molar refractivity (Wildman–Crippen MR) is 212 cm³/mol. The molecule has 0 radical (unpaired) electrons. The molecule has 0 heterocycles. The van der Waals surface area contributed by atoms with Crippen LogP contribution in [0.25, 0.3) is 0 Å². The lowest BCUT2D eigenvalue weighted by molar-refractivity contribution is 0.102. The van der Waals surface area contributed by atoms with Gasteiger partial charge < -0.3 is 0 Å². The number of Topliss-reactive ketones (excluding diaryl/α,β-unsaturated/α-hetero) is 1. The molecule has 25 heteroatoms. The summed E-state index contributed by atoms with van der Waals surface area (Å²) in [4.78, 5) is 14.8. The molecule has 0 amide bonds. The fourth-order valence-electron chi connectivity index (χ4n) is 7.26. The Morgan fingerprint density at radius 1 is 0.348 bits per heavy atom. The molecule has 360 valence electrons. The van der Waals surface area contributed by atoms with Crippen LogP contribution in [0, 0.1) is 116 Å². The Morgan fingerprint density at radius 2 is 0.594 bits per heavy atom. The van der Waals surface area contributed by atoms with Crippen LogP contribution in [0.4, 0.5) is 87.8 Å². The zero-order chi connectivity index (χ0) is 51.3. The first-order valence-electron chi connectivity index (χ1n) is 18.4. The van der Waals surface area contributed by atoms with E-state index in [0.29, 0.717) is 15.8 Å². The monoisotopic (exact) mass is 1050 g/mol. The second-order valence-corrected chi connectivity index (χ2v) is 16.9. The third-order valence-electron chi connectivity index (χ3n) is 10.2. The van der Waals surface area contributed by atoms with Crippen molar-refractivity contribution < 1.29 is 92.6 Å². The summed E-state index contributed by atoms with van der Waals surface area (Å²) in [6.07, 6.45) is -7.22. The van der Waals surface area contributed by atoms with E-state index in [2.05, 4.69) is 0 Å². The number of rotatable bonds is 9. The Balaban J connectivity index is 0.000000273. The molecule has 0 saturated carbocycles. The van der Waals surface area contributed by atoms with Gasteiger partial charge in [0.2, 0.25) is 5.78 Å². The van der Waals surface area contributed by atoms with Gasteiger partial charge in [-0.15, -0.1) is 21.9 Å². The Labute approximate surface area is 385 Å². The second kappa shape index (κ2) is 20.0. The van der Waals surface area contributed by atoms with Gasteiger partial charge in [0, 0.05) is 27.7 Å². The van der Waals surface area contributed by atoms with Crippen molar-refractivity contribution in [1.82, 2.24) is 0 Å². The topological polar surface area (TPSA) is 17.1 Å². The molecule has 0 saturated heterocycles. The maximum atomic E-state index is 15.4. The molecule has 0 spiro atoms. The van der Waals surface area contributed by atoms with Crippen LogP contribution < -0.4 is 21.9 Å². The van der Waals surface area contributed by atoms with Gasteiger partial charge in [0.1, 0.15) is 52.7 Å². The highest BCUT2D eigenvalue weighted by Gasteiger charge is 2.52. The third kappa shape index (κ3) is 8.88. The number of benzene rings is 7. The van der Waals surface area contributed by atoms with Gasteiger partial charge in [-0.3, -0.25) is 4.79 Å². The van der Waals surface area contributed by atoms with Gasteiger partial charge >= 0.3 is 0 Å². The lowest BCUT2D eigenvalue weighted by Gasteiger charge is -2.44. The van der Waals surface area contributed by atoms with E-state index in [0.717, 1.165) is 15.4 Å². The molecule has 0 bridgehead atoms. The Bertz CT molecular complexity index is 2790. The zero-order valence-corrected chi connectivity index (χ0v) is 35.3. The average molecular weight is 1050 g/mol. The Kier molecular flexibility index (Phi) is 15.1. The largest absolute Gasteiger partial charge is 0.289 e. The maximum absolute atomic E-state index is 15.4. The molecule has 1 nitrogen and oxygen atoms in total. The molecule has 0 aliphatic carbocycles. The Hall–Kier alpha value is -6.20. The number of carbonyl (C=O) groups is 1. The van der Waals surface area contributed by atoms with E-state index in [9.17, 15) is 57.5 Å². The molecule has 0 fully saturated rings. The van der Waals surface area contributed by atoms with Gasteiger partial charge in [-0.2, -0.15) is 0 Å². The fraction of sp³-hybridized carbons (Fsp3) is 0.0227. The molecule has 0 unspecified atom stereocenters.